The first-order chi connectivity index (χ1) is 10.4. The topological polar surface area (TPSA) is 37.3 Å². The van der Waals surface area contributed by atoms with Gasteiger partial charge in [-0.05, 0) is 79.1 Å². The van der Waals surface area contributed by atoms with E-state index in [9.17, 15) is 9.90 Å². The van der Waals surface area contributed by atoms with Crippen LogP contribution in [0, 0.1) is 34.0 Å². The van der Waals surface area contributed by atoms with E-state index < -0.39 is 0 Å². The van der Waals surface area contributed by atoms with Crippen molar-refractivity contribution in [1.82, 2.24) is 0 Å². The van der Waals surface area contributed by atoms with E-state index >= 15 is 0 Å². The van der Waals surface area contributed by atoms with Gasteiger partial charge in [-0.3, -0.25) is 4.79 Å². The summed E-state index contributed by atoms with van der Waals surface area (Å²) in [4.78, 5) is 13.0. The lowest BCUT2D eigenvalue weighted by Crippen LogP contribution is -2.58. The third-order valence-electron chi connectivity index (χ3n) is 8.46. The van der Waals surface area contributed by atoms with Crippen molar-refractivity contribution in [3.8, 4) is 0 Å². The van der Waals surface area contributed by atoms with Crippen molar-refractivity contribution in [3.63, 3.8) is 0 Å². The van der Waals surface area contributed by atoms with Crippen LogP contribution in [0.3, 0.4) is 0 Å². The molecular weight excluding hydrogens is 272 g/mol. The van der Waals surface area contributed by atoms with Gasteiger partial charge in [-0.2, -0.15) is 0 Å². The highest BCUT2D eigenvalue weighted by atomic mass is 16.3. The number of rotatable bonds is 1. The molecule has 6 atom stereocenters. The highest BCUT2D eigenvalue weighted by Gasteiger charge is 2.66. The summed E-state index contributed by atoms with van der Waals surface area (Å²) in [7, 11) is 0. The van der Waals surface area contributed by atoms with E-state index in [0.29, 0.717) is 30.1 Å². The number of aliphatic hydroxyl groups is 1. The Morgan fingerprint density at radius 1 is 1.14 bits per heavy atom. The molecule has 22 heavy (non-hydrogen) atoms. The van der Waals surface area contributed by atoms with Gasteiger partial charge in [0.05, 0.1) is 0 Å². The van der Waals surface area contributed by atoms with E-state index in [1.807, 2.05) is 0 Å². The first-order valence-corrected chi connectivity index (χ1v) is 9.22. The predicted molar refractivity (Wildman–Crippen MR) is 87.3 cm³/mol. The maximum atomic E-state index is 13.0. The summed E-state index contributed by atoms with van der Waals surface area (Å²) in [5, 5.41) is 10.0. The zero-order valence-electron chi connectivity index (χ0n) is 14.2. The lowest BCUT2D eigenvalue weighted by Gasteiger charge is -2.63. The van der Waals surface area contributed by atoms with Gasteiger partial charge >= 0.3 is 0 Å². The molecule has 1 spiro atoms. The van der Waals surface area contributed by atoms with Crippen LogP contribution >= 0.6 is 0 Å². The quantitative estimate of drug-likeness (QED) is 0.740. The third kappa shape index (κ3) is 1.58. The van der Waals surface area contributed by atoms with Crippen LogP contribution in [0.2, 0.25) is 0 Å². The van der Waals surface area contributed by atoms with E-state index in [1.165, 1.54) is 19.3 Å². The van der Waals surface area contributed by atoms with Crippen molar-refractivity contribution >= 4 is 5.78 Å². The number of ketones is 1. The number of aliphatic hydroxyl groups excluding tert-OH is 1. The number of carbonyl (C=O) groups is 1. The monoisotopic (exact) mass is 302 g/mol. The van der Waals surface area contributed by atoms with Crippen LogP contribution in [0.4, 0.5) is 0 Å². The molecule has 4 rings (SSSR count). The summed E-state index contributed by atoms with van der Waals surface area (Å²) in [6, 6.07) is 0. The van der Waals surface area contributed by atoms with Crippen LogP contribution in [0.15, 0.2) is 12.2 Å². The molecule has 0 aromatic heterocycles. The lowest BCUT2D eigenvalue weighted by atomic mass is 9.41. The van der Waals surface area contributed by atoms with E-state index in [-0.39, 0.29) is 16.2 Å². The van der Waals surface area contributed by atoms with Crippen molar-refractivity contribution in [2.24, 2.45) is 34.0 Å². The second-order valence-corrected chi connectivity index (χ2v) is 9.30. The van der Waals surface area contributed by atoms with Gasteiger partial charge in [-0.15, -0.1) is 0 Å². The molecular formula is C20H30O2. The van der Waals surface area contributed by atoms with Crippen LogP contribution in [-0.2, 0) is 4.79 Å². The summed E-state index contributed by atoms with van der Waals surface area (Å²) in [5.74, 6) is 1.98. The van der Waals surface area contributed by atoms with Gasteiger partial charge in [-0.1, -0.05) is 26.8 Å². The van der Waals surface area contributed by atoms with Gasteiger partial charge in [0.15, 0.2) is 5.78 Å². The minimum Gasteiger partial charge on any atom is -0.396 e. The predicted octanol–water partition coefficient (Wildman–Crippen LogP) is 4.13. The molecule has 2 heteroatoms. The molecule has 4 aliphatic rings. The Kier molecular flexibility index (Phi) is 3.03. The van der Waals surface area contributed by atoms with Crippen LogP contribution in [0.25, 0.3) is 0 Å². The number of hydrogen-bond donors (Lipinski definition) is 1. The van der Waals surface area contributed by atoms with Crippen molar-refractivity contribution in [3.05, 3.63) is 12.2 Å². The molecule has 0 radical (unpaired) electrons. The molecule has 4 saturated carbocycles. The average Bonchev–Trinajstić information content (AvgIpc) is 2.68. The summed E-state index contributed by atoms with van der Waals surface area (Å²) in [6.07, 6.45) is 9.19. The van der Waals surface area contributed by atoms with Crippen LogP contribution in [-0.4, -0.2) is 17.5 Å². The molecule has 0 aliphatic heterocycles. The molecule has 1 N–H and O–H groups in total. The average molecular weight is 302 g/mol. The van der Waals surface area contributed by atoms with Gasteiger partial charge in [-0.25, -0.2) is 0 Å². The summed E-state index contributed by atoms with van der Waals surface area (Å²) < 4.78 is 0. The molecule has 0 amide bonds. The van der Waals surface area contributed by atoms with Gasteiger partial charge in [0.25, 0.3) is 0 Å². The van der Waals surface area contributed by atoms with Gasteiger partial charge in [0, 0.05) is 12.0 Å². The number of carbonyl (C=O) groups excluding carboxylic acids is 1. The number of hydrogen-bond acceptors (Lipinski definition) is 2. The Morgan fingerprint density at radius 3 is 2.64 bits per heavy atom. The molecule has 4 aliphatic carbocycles. The van der Waals surface area contributed by atoms with E-state index in [1.54, 1.807) is 0 Å². The van der Waals surface area contributed by atoms with E-state index in [4.69, 9.17) is 0 Å². The minimum atomic E-state index is -0.0844. The van der Waals surface area contributed by atoms with Gasteiger partial charge < -0.3 is 5.11 Å². The maximum Gasteiger partial charge on any atom is 0.165 e. The standard InChI is InChI=1S/C20H30O2/c1-13-14-5-6-16-19(3)9-4-8-18(2,12-21)15(19)7-10-20(16,11-14)17(13)22/h14-16,21H,1,4-12H2,2-3H3/t14-,15-,16+,18-,19-,20-/m1/s1. The van der Waals surface area contributed by atoms with Crippen molar-refractivity contribution in [2.75, 3.05) is 6.61 Å². The molecule has 0 aromatic carbocycles. The smallest absolute Gasteiger partial charge is 0.165 e. The van der Waals surface area contributed by atoms with E-state index in [2.05, 4.69) is 20.4 Å². The Bertz CT molecular complexity index is 538. The summed E-state index contributed by atoms with van der Waals surface area (Å²) >= 11 is 0. The molecule has 2 bridgehead atoms. The highest BCUT2D eigenvalue weighted by Crippen LogP contribution is 2.70. The molecule has 2 nitrogen and oxygen atoms in total. The normalized spacial score (nSPS) is 54.0. The van der Waals surface area contributed by atoms with Crippen molar-refractivity contribution in [2.45, 2.75) is 65.2 Å². The SMILES string of the molecule is C=C1C(=O)[C@@]23CC[C@@H]4[C@@](C)(CO)CCC[C@@]4(C)[C@@H]2CC[C@@H]1C3. The molecule has 0 saturated heterocycles. The number of Topliss-reactive ketones (excluding diaryl/α,β-unsaturated/α-hetero) is 1. The van der Waals surface area contributed by atoms with Crippen LogP contribution in [0.1, 0.15) is 65.2 Å². The highest BCUT2D eigenvalue weighted by molar-refractivity contribution is 6.03. The fourth-order valence-electron chi connectivity index (χ4n) is 7.44. The first kappa shape index (κ1) is 14.9. The minimum absolute atomic E-state index is 0.0596. The van der Waals surface area contributed by atoms with Crippen LogP contribution < -0.4 is 0 Å². The second kappa shape index (κ2) is 4.47. The summed E-state index contributed by atoms with van der Waals surface area (Å²) in [6.45, 7) is 9.18. The zero-order chi connectivity index (χ0) is 15.8. The largest absolute Gasteiger partial charge is 0.396 e. The fraction of sp³-hybridized carbons (Fsp3) is 0.850. The summed E-state index contributed by atoms with van der Waals surface area (Å²) in [5.41, 5.74) is 1.15. The lowest BCUT2D eigenvalue weighted by molar-refractivity contribution is -0.168. The third-order valence-corrected chi connectivity index (χ3v) is 8.46. The van der Waals surface area contributed by atoms with Crippen LogP contribution in [0.5, 0.6) is 0 Å². The van der Waals surface area contributed by atoms with Crippen molar-refractivity contribution < 1.29 is 9.90 Å². The molecule has 122 valence electrons. The Balaban J connectivity index is 1.78. The van der Waals surface area contributed by atoms with Gasteiger partial charge in [0.2, 0.25) is 0 Å². The number of fused-ring (bicyclic) bond motifs is 3. The zero-order valence-corrected chi connectivity index (χ0v) is 14.2. The molecule has 0 aromatic rings. The fourth-order valence-corrected chi connectivity index (χ4v) is 7.44. The first-order valence-electron chi connectivity index (χ1n) is 9.22. The Morgan fingerprint density at radius 2 is 1.91 bits per heavy atom. The van der Waals surface area contributed by atoms with E-state index in [0.717, 1.165) is 37.7 Å². The number of allylic oxidation sites excluding steroid dienone is 1. The van der Waals surface area contributed by atoms with Gasteiger partial charge in [0.1, 0.15) is 0 Å². The molecule has 4 fully saturated rings. The Labute approximate surface area is 134 Å². The molecule has 0 unspecified atom stereocenters. The molecule has 0 heterocycles. The second-order valence-electron chi connectivity index (χ2n) is 9.30. The Hall–Kier alpha value is -0.630. The maximum absolute atomic E-state index is 13.0. The van der Waals surface area contributed by atoms with Crippen molar-refractivity contribution in [1.29, 1.82) is 0 Å².